The van der Waals surface area contributed by atoms with Crippen LogP contribution in [0.25, 0.3) is 10.8 Å². The van der Waals surface area contributed by atoms with Gasteiger partial charge in [0.25, 0.3) is 5.91 Å². The summed E-state index contributed by atoms with van der Waals surface area (Å²) < 4.78 is 5.30. The Hall–Kier alpha value is -3.05. The number of likely N-dealkylation sites (N-methyl/N-ethyl adjacent to an activating group) is 1. The molecule has 3 aromatic carbocycles. The van der Waals surface area contributed by atoms with Crippen LogP contribution in [-0.2, 0) is 0 Å². The topological polar surface area (TPSA) is 61.8 Å². The molecular weight excluding hydrogens is 340 g/mol. The van der Waals surface area contributed by atoms with Crippen LogP contribution < -0.4 is 10.1 Å². The number of hydrogen-bond acceptors (Lipinski definition) is 4. The molecule has 1 amide bonds. The molecule has 0 aromatic heterocycles. The van der Waals surface area contributed by atoms with Crippen LogP contribution in [0.4, 0.5) is 0 Å². The molecule has 1 unspecified atom stereocenters. The minimum Gasteiger partial charge on any atom is -0.507 e. The first-order valence-corrected chi connectivity index (χ1v) is 8.80. The molecule has 5 nitrogen and oxygen atoms in total. The second kappa shape index (κ2) is 8.10. The van der Waals surface area contributed by atoms with E-state index in [-0.39, 0.29) is 23.3 Å². The zero-order valence-electron chi connectivity index (χ0n) is 15.8. The van der Waals surface area contributed by atoms with Crippen molar-refractivity contribution in [3.63, 3.8) is 0 Å². The Kier molecular flexibility index (Phi) is 5.62. The summed E-state index contributed by atoms with van der Waals surface area (Å²) in [5, 5.41) is 15.0. The molecule has 0 aliphatic carbocycles. The number of nitrogens with zero attached hydrogens (tertiary/aromatic N) is 1. The van der Waals surface area contributed by atoms with Crippen molar-refractivity contribution in [2.75, 3.05) is 27.7 Å². The van der Waals surface area contributed by atoms with Crippen molar-refractivity contribution < 1.29 is 14.6 Å². The molecule has 0 saturated heterocycles. The Morgan fingerprint density at radius 1 is 1.07 bits per heavy atom. The average molecular weight is 364 g/mol. The molecule has 27 heavy (non-hydrogen) atoms. The van der Waals surface area contributed by atoms with Crippen LogP contribution in [0, 0.1) is 0 Å². The van der Waals surface area contributed by atoms with E-state index in [1.807, 2.05) is 67.5 Å². The van der Waals surface area contributed by atoms with Gasteiger partial charge in [0.1, 0.15) is 11.5 Å². The highest BCUT2D eigenvalue weighted by Crippen LogP contribution is 2.26. The molecule has 3 rings (SSSR count). The van der Waals surface area contributed by atoms with Gasteiger partial charge >= 0.3 is 0 Å². The summed E-state index contributed by atoms with van der Waals surface area (Å²) in [4.78, 5) is 14.7. The van der Waals surface area contributed by atoms with Gasteiger partial charge in [-0.1, -0.05) is 36.4 Å². The van der Waals surface area contributed by atoms with Crippen LogP contribution >= 0.6 is 0 Å². The molecular formula is C22H24N2O3. The molecule has 0 radical (unpaired) electrons. The summed E-state index contributed by atoms with van der Waals surface area (Å²) in [5.74, 6) is 0.458. The van der Waals surface area contributed by atoms with Gasteiger partial charge < -0.3 is 20.1 Å². The van der Waals surface area contributed by atoms with Crippen LogP contribution in [-0.4, -0.2) is 43.7 Å². The van der Waals surface area contributed by atoms with E-state index in [0.29, 0.717) is 6.54 Å². The van der Waals surface area contributed by atoms with Gasteiger partial charge in [-0.3, -0.25) is 4.79 Å². The third kappa shape index (κ3) is 4.20. The number of fused-ring (bicyclic) bond motifs is 1. The van der Waals surface area contributed by atoms with Crippen molar-refractivity contribution in [3.8, 4) is 11.5 Å². The van der Waals surface area contributed by atoms with E-state index < -0.39 is 0 Å². The Bertz CT molecular complexity index is 953. The normalized spacial score (nSPS) is 12.1. The lowest BCUT2D eigenvalue weighted by Crippen LogP contribution is -2.34. The molecule has 0 aliphatic rings. The quantitative estimate of drug-likeness (QED) is 0.702. The third-order valence-electron chi connectivity index (χ3n) is 4.67. The highest BCUT2D eigenvalue weighted by molar-refractivity contribution is 6.01. The van der Waals surface area contributed by atoms with Crippen molar-refractivity contribution in [2.24, 2.45) is 0 Å². The van der Waals surface area contributed by atoms with Crippen LogP contribution in [0.3, 0.4) is 0 Å². The van der Waals surface area contributed by atoms with Crippen molar-refractivity contribution in [3.05, 3.63) is 71.8 Å². The summed E-state index contributed by atoms with van der Waals surface area (Å²) in [5.41, 5.74) is 1.32. The van der Waals surface area contributed by atoms with Crippen LogP contribution in [0.5, 0.6) is 11.5 Å². The maximum atomic E-state index is 12.7. The molecule has 0 spiro atoms. The number of rotatable bonds is 6. The number of aromatic hydroxyl groups is 1. The summed E-state index contributed by atoms with van der Waals surface area (Å²) in [6.45, 7) is 0.408. The lowest BCUT2D eigenvalue weighted by molar-refractivity contribution is 0.0939. The van der Waals surface area contributed by atoms with E-state index in [1.54, 1.807) is 19.2 Å². The van der Waals surface area contributed by atoms with E-state index in [4.69, 9.17) is 4.74 Å². The number of amides is 1. The first-order chi connectivity index (χ1) is 13.0. The summed E-state index contributed by atoms with van der Waals surface area (Å²) in [6.07, 6.45) is 0. The molecule has 0 bridgehead atoms. The monoisotopic (exact) mass is 364 g/mol. The minimum absolute atomic E-state index is 0.0195. The van der Waals surface area contributed by atoms with Crippen LogP contribution in [0.2, 0.25) is 0 Å². The molecule has 0 saturated carbocycles. The zero-order chi connectivity index (χ0) is 19.4. The molecule has 3 aromatic rings. The second-order valence-corrected chi connectivity index (χ2v) is 6.68. The SMILES string of the molecule is COc1cccc(C(CNC(=O)c2cc3ccccc3cc2O)N(C)C)c1. The lowest BCUT2D eigenvalue weighted by Gasteiger charge is -2.25. The van der Waals surface area contributed by atoms with Crippen molar-refractivity contribution in [2.45, 2.75) is 6.04 Å². The average Bonchev–Trinajstić information content (AvgIpc) is 2.67. The van der Waals surface area contributed by atoms with Gasteiger partial charge in [-0.25, -0.2) is 0 Å². The van der Waals surface area contributed by atoms with Crippen molar-refractivity contribution in [1.82, 2.24) is 10.2 Å². The smallest absolute Gasteiger partial charge is 0.255 e. The fraction of sp³-hybridized carbons (Fsp3) is 0.227. The summed E-state index contributed by atoms with van der Waals surface area (Å²) >= 11 is 0. The summed E-state index contributed by atoms with van der Waals surface area (Å²) in [7, 11) is 5.56. The van der Waals surface area contributed by atoms with Gasteiger partial charge in [0, 0.05) is 6.54 Å². The number of carbonyl (C=O) groups excluding carboxylic acids is 1. The Morgan fingerprint density at radius 2 is 1.78 bits per heavy atom. The second-order valence-electron chi connectivity index (χ2n) is 6.68. The fourth-order valence-corrected chi connectivity index (χ4v) is 3.14. The van der Waals surface area contributed by atoms with E-state index in [9.17, 15) is 9.90 Å². The predicted molar refractivity (Wildman–Crippen MR) is 107 cm³/mol. The zero-order valence-corrected chi connectivity index (χ0v) is 15.8. The van der Waals surface area contributed by atoms with Gasteiger partial charge in [-0.2, -0.15) is 0 Å². The van der Waals surface area contributed by atoms with Gasteiger partial charge in [0.05, 0.1) is 18.7 Å². The molecule has 0 fully saturated rings. The van der Waals surface area contributed by atoms with E-state index in [0.717, 1.165) is 22.1 Å². The van der Waals surface area contributed by atoms with Crippen molar-refractivity contribution in [1.29, 1.82) is 0 Å². The molecule has 140 valence electrons. The Balaban J connectivity index is 1.79. The molecule has 1 atom stereocenters. The molecule has 2 N–H and O–H groups in total. The molecule has 0 heterocycles. The fourth-order valence-electron chi connectivity index (χ4n) is 3.14. The Morgan fingerprint density at radius 3 is 2.44 bits per heavy atom. The highest BCUT2D eigenvalue weighted by atomic mass is 16.5. The predicted octanol–water partition coefficient (Wildman–Crippen LogP) is 3.59. The molecule has 0 aliphatic heterocycles. The van der Waals surface area contributed by atoms with Gasteiger partial charge in [0.15, 0.2) is 0 Å². The summed E-state index contributed by atoms with van der Waals surface area (Å²) in [6, 6.07) is 18.7. The number of benzene rings is 3. The van der Waals surface area contributed by atoms with Crippen molar-refractivity contribution >= 4 is 16.7 Å². The maximum Gasteiger partial charge on any atom is 0.255 e. The van der Waals surface area contributed by atoms with E-state index in [2.05, 4.69) is 5.32 Å². The minimum atomic E-state index is -0.298. The van der Waals surface area contributed by atoms with E-state index >= 15 is 0 Å². The first kappa shape index (κ1) is 18.7. The number of carbonyl (C=O) groups is 1. The Labute approximate surface area is 159 Å². The number of ether oxygens (including phenoxy) is 1. The lowest BCUT2D eigenvalue weighted by atomic mass is 10.0. The number of nitrogens with one attached hydrogen (secondary N) is 1. The number of phenolic OH excluding ortho intramolecular Hbond substituents is 1. The third-order valence-corrected chi connectivity index (χ3v) is 4.67. The maximum absolute atomic E-state index is 12.7. The van der Waals surface area contributed by atoms with Gasteiger partial charge in [-0.05, 0) is 54.7 Å². The molecule has 5 heteroatoms. The largest absolute Gasteiger partial charge is 0.507 e. The van der Waals surface area contributed by atoms with Gasteiger partial charge in [0.2, 0.25) is 0 Å². The van der Waals surface area contributed by atoms with E-state index in [1.165, 1.54) is 0 Å². The van der Waals surface area contributed by atoms with Crippen LogP contribution in [0.15, 0.2) is 60.7 Å². The standard InChI is InChI=1S/C22H24N2O3/c1-24(2)20(17-9-6-10-18(11-17)27-3)14-23-22(26)19-12-15-7-4-5-8-16(15)13-21(19)25/h4-13,20,25H,14H2,1-3H3,(H,23,26). The number of hydrogen-bond donors (Lipinski definition) is 2. The number of phenols is 1. The first-order valence-electron chi connectivity index (χ1n) is 8.80. The van der Waals surface area contributed by atoms with Gasteiger partial charge in [-0.15, -0.1) is 0 Å². The highest BCUT2D eigenvalue weighted by Gasteiger charge is 2.18. The van der Waals surface area contributed by atoms with Crippen LogP contribution in [0.1, 0.15) is 22.0 Å². The number of methoxy groups -OCH3 is 1.